The lowest BCUT2D eigenvalue weighted by atomic mass is 9.92. The highest BCUT2D eigenvalue weighted by molar-refractivity contribution is 7.15. The monoisotopic (exact) mass is 343 g/mol. The zero-order valence-corrected chi connectivity index (χ0v) is 14.2. The first-order valence-corrected chi connectivity index (χ1v) is 8.03. The molecule has 0 spiro atoms. The van der Waals surface area contributed by atoms with Gasteiger partial charge in [-0.05, 0) is 19.4 Å². The van der Waals surface area contributed by atoms with Crippen LogP contribution < -0.4 is 5.73 Å². The first kappa shape index (κ1) is 17.2. The molecule has 2 aromatic heterocycles. The van der Waals surface area contributed by atoms with E-state index in [1.807, 2.05) is 24.0 Å². The van der Waals surface area contributed by atoms with E-state index in [-0.39, 0.29) is 18.3 Å². The number of thiazole rings is 1. The van der Waals surface area contributed by atoms with E-state index >= 15 is 0 Å². The summed E-state index contributed by atoms with van der Waals surface area (Å²) in [6.45, 7) is 2.80. The third kappa shape index (κ3) is 3.78. The number of nitrogens with two attached hydrogens (primary N) is 1. The van der Waals surface area contributed by atoms with Crippen molar-refractivity contribution in [2.45, 2.75) is 25.5 Å². The third-order valence-corrected chi connectivity index (χ3v) is 4.87. The van der Waals surface area contributed by atoms with Crippen LogP contribution in [-0.4, -0.2) is 37.6 Å². The second kappa shape index (κ2) is 7.41. The van der Waals surface area contributed by atoms with E-state index in [2.05, 4.69) is 14.9 Å². The summed E-state index contributed by atoms with van der Waals surface area (Å²) in [4.78, 5) is 11.9. The molecular formula is C14H22ClN5OS. The maximum Gasteiger partial charge on any atom is 0.180 e. The lowest BCUT2D eigenvalue weighted by Gasteiger charge is -2.34. The predicted octanol–water partition coefficient (Wildman–Crippen LogP) is 1.83. The van der Waals surface area contributed by atoms with Crippen LogP contribution in [0.3, 0.4) is 0 Å². The van der Waals surface area contributed by atoms with Gasteiger partial charge in [0, 0.05) is 49.5 Å². The van der Waals surface area contributed by atoms with Crippen LogP contribution in [0, 0.1) is 5.92 Å². The Labute approximate surface area is 140 Å². The molecule has 0 radical (unpaired) electrons. The molecule has 6 nitrogen and oxygen atoms in total. The molecule has 2 aromatic rings. The number of aliphatic hydroxyl groups is 1. The standard InChI is InChI=1S/C14H21N5OS.ClH/c1-18-6-4-16-13(18)12(20)10-3-2-5-19(8-10)9-11-7-17-14(15)21-11;/h4,6-7,10,12,20H,2-3,5,8-9H2,1H3,(H2,15,17);1H. The first-order valence-electron chi connectivity index (χ1n) is 7.21. The normalized spacial score (nSPS) is 20.5. The largest absolute Gasteiger partial charge is 0.385 e. The Hall–Kier alpha value is -1.15. The molecule has 0 aromatic carbocycles. The van der Waals surface area contributed by atoms with Crippen LogP contribution >= 0.6 is 23.7 Å². The van der Waals surface area contributed by atoms with Crippen molar-refractivity contribution >= 4 is 28.9 Å². The number of aromatic nitrogens is 3. The predicted molar refractivity (Wildman–Crippen MR) is 89.9 cm³/mol. The minimum Gasteiger partial charge on any atom is -0.385 e. The van der Waals surface area contributed by atoms with Crippen molar-refractivity contribution in [1.29, 1.82) is 0 Å². The number of anilines is 1. The highest BCUT2D eigenvalue weighted by Crippen LogP contribution is 2.30. The molecule has 0 aliphatic carbocycles. The van der Waals surface area contributed by atoms with Crippen molar-refractivity contribution in [3.05, 3.63) is 29.3 Å². The fraction of sp³-hybridized carbons (Fsp3) is 0.571. The van der Waals surface area contributed by atoms with Gasteiger partial charge < -0.3 is 15.4 Å². The molecule has 3 N–H and O–H groups in total. The van der Waals surface area contributed by atoms with Crippen LogP contribution in [0.4, 0.5) is 5.13 Å². The van der Waals surface area contributed by atoms with E-state index in [9.17, 15) is 5.11 Å². The summed E-state index contributed by atoms with van der Waals surface area (Å²) in [6.07, 6.45) is 7.09. The van der Waals surface area contributed by atoms with Gasteiger partial charge in [-0.1, -0.05) is 0 Å². The summed E-state index contributed by atoms with van der Waals surface area (Å²) in [5, 5.41) is 11.2. The molecule has 22 heavy (non-hydrogen) atoms. The SMILES string of the molecule is Cl.Cn1ccnc1C(O)C1CCCN(Cc2cnc(N)s2)C1. The van der Waals surface area contributed by atoms with Crippen LogP contribution in [0.25, 0.3) is 0 Å². The molecule has 1 aliphatic heterocycles. The Bertz CT molecular complexity index is 602. The van der Waals surface area contributed by atoms with Gasteiger partial charge >= 0.3 is 0 Å². The minimum absolute atomic E-state index is 0. The number of nitrogen functional groups attached to an aromatic ring is 1. The summed E-state index contributed by atoms with van der Waals surface area (Å²) < 4.78 is 1.90. The van der Waals surface area contributed by atoms with Gasteiger partial charge in [0.05, 0.1) is 0 Å². The van der Waals surface area contributed by atoms with Gasteiger partial charge in [-0.25, -0.2) is 9.97 Å². The second-order valence-corrected chi connectivity index (χ2v) is 6.79. The lowest BCUT2D eigenvalue weighted by Crippen LogP contribution is -2.37. The van der Waals surface area contributed by atoms with E-state index in [1.54, 1.807) is 6.20 Å². The number of piperidine rings is 1. The van der Waals surface area contributed by atoms with Gasteiger partial charge in [-0.15, -0.1) is 23.7 Å². The number of likely N-dealkylation sites (tertiary alicyclic amines) is 1. The topological polar surface area (TPSA) is 80.2 Å². The maximum atomic E-state index is 10.6. The third-order valence-electron chi connectivity index (χ3n) is 4.06. The molecule has 122 valence electrons. The molecule has 1 fully saturated rings. The number of hydrogen-bond acceptors (Lipinski definition) is 6. The number of rotatable bonds is 4. The molecular weight excluding hydrogens is 322 g/mol. The zero-order valence-electron chi connectivity index (χ0n) is 12.6. The van der Waals surface area contributed by atoms with Crippen LogP contribution in [0.15, 0.2) is 18.6 Å². The molecule has 1 aliphatic rings. The highest BCUT2D eigenvalue weighted by Gasteiger charge is 2.29. The number of aliphatic hydroxyl groups excluding tert-OH is 1. The number of imidazole rings is 1. The lowest BCUT2D eigenvalue weighted by molar-refractivity contribution is 0.0408. The number of halogens is 1. The maximum absolute atomic E-state index is 10.6. The van der Waals surface area contributed by atoms with E-state index in [1.165, 1.54) is 16.2 Å². The number of hydrogen-bond donors (Lipinski definition) is 2. The highest BCUT2D eigenvalue weighted by atomic mass is 35.5. The fourth-order valence-electron chi connectivity index (χ4n) is 2.98. The molecule has 3 rings (SSSR count). The van der Waals surface area contributed by atoms with Crippen molar-refractivity contribution in [1.82, 2.24) is 19.4 Å². The Morgan fingerprint density at radius 1 is 1.50 bits per heavy atom. The average Bonchev–Trinajstić information content (AvgIpc) is 3.07. The Morgan fingerprint density at radius 3 is 2.95 bits per heavy atom. The van der Waals surface area contributed by atoms with Crippen molar-refractivity contribution in [3.8, 4) is 0 Å². The molecule has 2 atom stereocenters. The summed E-state index contributed by atoms with van der Waals surface area (Å²) >= 11 is 1.54. The van der Waals surface area contributed by atoms with Crippen LogP contribution in [0.5, 0.6) is 0 Å². The minimum atomic E-state index is -0.501. The van der Waals surface area contributed by atoms with Crippen LogP contribution in [0.1, 0.15) is 29.6 Å². The quantitative estimate of drug-likeness (QED) is 0.885. The van der Waals surface area contributed by atoms with Gasteiger partial charge in [0.25, 0.3) is 0 Å². The van der Waals surface area contributed by atoms with Crippen molar-refractivity contribution in [2.24, 2.45) is 13.0 Å². The Kier molecular flexibility index (Phi) is 5.80. The molecule has 3 heterocycles. The fourth-order valence-corrected chi connectivity index (χ4v) is 3.71. The first-order chi connectivity index (χ1) is 10.1. The summed E-state index contributed by atoms with van der Waals surface area (Å²) in [5.41, 5.74) is 5.68. The molecule has 1 saturated heterocycles. The van der Waals surface area contributed by atoms with Gasteiger partial charge in [0.15, 0.2) is 5.13 Å². The van der Waals surface area contributed by atoms with Gasteiger partial charge in [0.2, 0.25) is 0 Å². The summed E-state index contributed by atoms with van der Waals surface area (Å²) in [6, 6.07) is 0. The zero-order chi connectivity index (χ0) is 14.8. The average molecular weight is 344 g/mol. The molecule has 0 amide bonds. The van der Waals surface area contributed by atoms with E-state index in [0.29, 0.717) is 5.13 Å². The Morgan fingerprint density at radius 2 is 2.32 bits per heavy atom. The number of nitrogens with zero attached hydrogens (tertiary/aromatic N) is 4. The molecule has 8 heteroatoms. The summed E-state index contributed by atoms with van der Waals surface area (Å²) in [5.74, 6) is 0.981. The van der Waals surface area contributed by atoms with Crippen LogP contribution in [0.2, 0.25) is 0 Å². The van der Waals surface area contributed by atoms with E-state index < -0.39 is 6.10 Å². The van der Waals surface area contributed by atoms with Crippen molar-refractivity contribution in [3.63, 3.8) is 0 Å². The van der Waals surface area contributed by atoms with Crippen LogP contribution in [-0.2, 0) is 13.6 Å². The smallest absolute Gasteiger partial charge is 0.180 e. The second-order valence-electron chi connectivity index (χ2n) is 5.64. The van der Waals surface area contributed by atoms with Crippen molar-refractivity contribution in [2.75, 3.05) is 18.8 Å². The van der Waals surface area contributed by atoms with Crippen molar-refractivity contribution < 1.29 is 5.11 Å². The molecule has 2 unspecified atom stereocenters. The molecule has 0 bridgehead atoms. The molecule has 0 saturated carbocycles. The number of aryl methyl sites for hydroxylation is 1. The summed E-state index contributed by atoms with van der Waals surface area (Å²) in [7, 11) is 1.92. The van der Waals surface area contributed by atoms with Gasteiger partial charge in [-0.2, -0.15) is 0 Å². The van der Waals surface area contributed by atoms with Gasteiger partial charge in [-0.3, -0.25) is 4.90 Å². The van der Waals surface area contributed by atoms with Gasteiger partial charge in [0.1, 0.15) is 11.9 Å². The van der Waals surface area contributed by atoms with E-state index in [0.717, 1.165) is 38.3 Å². The Balaban J connectivity index is 0.00000176. The van der Waals surface area contributed by atoms with E-state index in [4.69, 9.17) is 5.73 Å².